The van der Waals surface area contributed by atoms with Crippen molar-refractivity contribution in [3.63, 3.8) is 0 Å². The molecule has 1 amide bonds. The van der Waals surface area contributed by atoms with Gasteiger partial charge in [-0.2, -0.15) is 4.80 Å². The quantitative estimate of drug-likeness (QED) is 0.371. The summed E-state index contributed by atoms with van der Waals surface area (Å²) in [4.78, 5) is 12.5. The van der Waals surface area contributed by atoms with Gasteiger partial charge in [-0.05, 0) is 17.3 Å². The fourth-order valence-corrected chi connectivity index (χ4v) is 1.52. The van der Waals surface area contributed by atoms with E-state index in [9.17, 15) is 4.79 Å². The molecule has 0 aliphatic rings. The van der Waals surface area contributed by atoms with Gasteiger partial charge in [-0.25, -0.2) is 5.84 Å². The third kappa shape index (κ3) is 2.27. The first-order valence-electron chi connectivity index (χ1n) is 5.54. The van der Waals surface area contributed by atoms with Crippen LogP contribution in [0.25, 0.3) is 11.6 Å². The molecule has 0 radical (unpaired) electrons. The summed E-state index contributed by atoms with van der Waals surface area (Å²) in [7, 11) is 0. The van der Waals surface area contributed by atoms with Crippen LogP contribution in [0.15, 0.2) is 33.4 Å². The molecule has 102 valence electrons. The molecule has 20 heavy (non-hydrogen) atoms. The number of hydrogen-bond acceptors (Lipinski definition) is 8. The highest BCUT2D eigenvalue weighted by atomic mass is 16.5. The lowest BCUT2D eigenvalue weighted by molar-refractivity contribution is 0.0944. The first kappa shape index (κ1) is 12.0. The topological polar surface area (TPSA) is 138 Å². The smallest absolute Gasteiger partial charge is 0.287 e. The summed E-state index contributed by atoms with van der Waals surface area (Å²) in [5.74, 6) is 5.72. The fraction of sp³-hybridized carbons (Fsp3) is 0.100. The Morgan fingerprint density at radius 1 is 1.50 bits per heavy atom. The number of carbonyl (C=O) groups is 1. The van der Waals surface area contributed by atoms with Crippen LogP contribution in [-0.2, 0) is 6.54 Å². The maximum Gasteiger partial charge on any atom is 0.287 e. The van der Waals surface area contributed by atoms with Gasteiger partial charge in [0.05, 0.1) is 6.26 Å². The predicted octanol–water partition coefficient (Wildman–Crippen LogP) is -0.427. The first-order chi connectivity index (χ1) is 9.76. The van der Waals surface area contributed by atoms with Crippen molar-refractivity contribution < 1.29 is 13.7 Å². The van der Waals surface area contributed by atoms with Crippen molar-refractivity contribution in [2.75, 3.05) is 0 Å². The van der Waals surface area contributed by atoms with E-state index in [4.69, 9.17) is 14.8 Å². The van der Waals surface area contributed by atoms with Crippen LogP contribution in [0.3, 0.4) is 0 Å². The number of nitrogens with two attached hydrogens (primary N) is 1. The van der Waals surface area contributed by atoms with Crippen LogP contribution in [0.2, 0.25) is 0 Å². The molecule has 0 saturated carbocycles. The van der Waals surface area contributed by atoms with E-state index in [0.29, 0.717) is 17.3 Å². The highest BCUT2D eigenvalue weighted by Gasteiger charge is 2.13. The molecule has 0 saturated heterocycles. The molecule has 10 heteroatoms. The monoisotopic (exact) mass is 275 g/mol. The third-order valence-electron chi connectivity index (χ3n) is 2.41. The number of nitrogen functional groups attached to an aromatic ring is 1. The van der Waals surface area contributed by atoms with Gasteiger partial charge >= 0.3 is 0 Å². The molecule has 0 spiro atoms. The summed E-state index contributed by atoms with van der Waals surface area (Å²) >= 11 is 0. The molecule has 0 fully saturated rings. The largest absolute Gasteiger partial charge is 0.461 e. The number of carbonyl (C=O) groups excluding carboxylic acids is 1. The SMILES string of the molecule is NNC(=O)c1cc(Cn2nnc(-c3ccco3)n2)on1. The minimum atomic E-state index is -0.539. The van der Waals surface area contributed by atoms with Gasteiger partial charge in [0.1, 0.15) is 6.54 Å². The summed E-state index contributed by atoms with van der Waals surface area (Å²) in [6.45, 7) is 0.179. The second-order valence-electron chi connectivity index (χ2n) is 3.77. The molecule has 3 aromatic rings. The van der Waals surface area contributed by atoms with Crippen molar-refractivity contribution in [2.45, 2.75) is 6.54 Å². The molecule has 0 unspecified atom stereocenters. The summed E-state index contributed by atoms with van der Waals surface area (Å²) in [6.07, 6.45) is 1.52. The highest BCUT2D eigenvalue weighted by Crippen LogP contribution is 2.13. The number of rotatable bonds is 4. The Balaban J connectivity index is 1.75. The second kappa shape index (κ2) is 4.93. The molecule has 0 aliphatic carbocycles. The lowest BCUT2D eigenvalue weighted by atomic mass is 10.3. The van der Waals surface area contributed by atoms with E-state index in [2.05, 4.69) is 20.6 Å². The molecule has 0 bridgehead atoms. The number of hydrogen-bond donors (Lipinski definition) is 2. The number of nitrogens with one attached hydrogen (secondary N) is 1. The van der Waals surface area contributed by atoms with Gasteiger partial charge in [0.2, 0.25) is 5.82 Å². The van der Waals surface area contributed by atoms with Crippen molar-refractivity contribution in [3.05, 3.63) is 35.9 Å². The van der Waals surface area contributed by atoms with Gasteiger partial charge in [0, 0.05) is 6.07 Å². The van der Waals surface area contributed by atoms with Crippen LogP contribution in [0, 0.1) is 0 Å². The van der Waals surface area contributed by atoms with Gasteiger partial charge < -0.3 is 8.94 Å². The number of hydrazine groups is 1. The fourth-order valence-electron chi connectivity index (χ4n) is 1.52. The average Bonchev–Trinajstić information content (AvgIpc) is 3.19. The lowest BCUT2D eigenvalue weighted by Crippen LogP contribution is -2.30. The van der Waals surface area contributed by atoms with Crippen molar-refractivity contribution in [1.29, 1.82) is 0 Å². The maximum absolute atomic E-state index is 11.2. The molecule has 3 rings (SSSR count). The Morgan fingerprint density at radius 3 is 3.15 bits per heavy atom. The summed E-state index contributed by atoms with van der Waals surface area (Å²) < 4.78 is 10.1. The zero-order valence-corrected chi connectivity index (χ0v) is 10.1. The minimum absolute atomic E-state index is 0.0777. The van der Waals surface area contributed by atoms with Crippen molar-refractivity contribution in [3.8, 4) is 11.6 Å². The molecule has 3 aromatic heterocycles. The predicted molar refractivity (Wildman–Crippen MR) is 62.8 cm³/mol. The Bertz CT molecular complexity index is 715. The van der Waals surface area contributed by atoms with Crippen LogP contribution in [0.5, 0.6) is 0 Å². The number of tetrazole rings is 1. The Labute approximate surface area is 111 Å². The lowest BCUT2D eigenvalue weighted by Gasteiger charge is -1.91. The van der Waals surface area contributed by atoms with Crippen molar-refractivity contribution in [1.82, 2.24) is 30.8 Å². The number of nitrogens with zero attached hydrogens (tertiary/aromatic N) is 5. The number of furan rings is 1. The van der Waals surface area contributed by atoms with E-state index < -0.39 is 5.91 Å². The van der Waals surface area contributed by atoms with Gasteiger partial charge in [0.15, 0.2) is 17.2 Å². The molecule has 3 heterocycles. The molecule has 10 nitrogen and oxygen atoms in total. The molecule has 0 aliphatic heterocycles. The van der Waals surface area contributed by atoms with E-state index in [0.717, 1.165) is 0 Å². The second-order valence-corrected chi connectivity index (χ2v) is 3.77. The zero-order chi connectivity index (χ0) is 13.9. The van der Waals surface area contributed by atoms with Crippen LogP contribution < -0.4 is 11.3 Å². The first-order valence-corrected chi connectivity index (χ1v) is 5.54. The Kier molecular flexibility index (Phi) is 2.97. The zero-order valence-electron chi connectivity index (χ0n) is 10.1. The molecule has 0 atom stereocenters. The van der Waals surface area contributed by atoms with Crippen molar-refractivity contribution >= 4 is 5.91 Å². The van der Waals surface area contributed by atoms with E-state index in [1.54, 1.807) is 12.1 Å². The van der Waals surface area contributed by atoms with E-state index in [1.165, 1.54) is 17.1 Å². The van der Waals surface area contributed by atoms with Gasteiger partial charge in [-0.15, -0.1) is 10.2 Å². The third-order valence-corrected chi connectivity index (χ3v) is 2.41. The highest BCUT2D eigenvalue weighted by molar-refractivity contribution is 5.91. The average molecular weight is 275 g/mol. The Hall–Kier alpha value is -3.01. The van der Waals surface area contributed by atoms with Gasteiger partial charge in [0.25, 0.3) is 5.91 Å². The molecule has 0 aromatic carbocycles. The van der Waals surface area contributed by atoms with Gasteiger partial charge in [-0.1, -0.05) is 5.16 Å². The number of aromatic nitrogens is 5. The van der Waals surface area contributed by atoms with Crippen LogP contribution in [-0.4, -0.2) is 31.3 Å². The minimum Gasteiger partial charge on any atom is -0.461 e. The van der Waals surface area contributed by atoms with Crippen LogP contribution in [0.1, 0.15) is 16.2 Å². The summed E-state index contributed by atoms with van der Waals surface area (Å²) in [5.41, 5.74) is 2.03. The molecular formula is C10H9N7O3. The molecule has 3 N–H and O–H groups in total. The van der Waals surface area contributed by atoms with E-state index >= 15 is 0 Å². The number of amides is 1. The van der Waals surface area contributed by atoms with Crippen molar-refractivity contribution in [2.24, 2.45) is 5.84 Å². The normalized spacial score (nSPS) is 10.7. The Morgan fingerprint density at radius 2 is 2.40 bits per heavy atom. The van der Waals surface area contributed by atoms with Crippen LogP contribution >= 0.6 is 0 Å². The standard InChI is InChI=1S/C10H9N7O3/c11-12-10(18)7-4-6(20-15-7)5-17-14-9(13-16-17)8-2-1-3-19-8/h1-4H,5,11H2,(H,12,18). The summed E-state index contributed by atoms with van der Waals surface area (Å²) in [6, 6.07) is 4.89. The van der Waals surface area contributed by atoms with Crippen LogP contribution in [0.4, 0.5) is 0 Å². The summed E-state index contributed by atoms with van der Waals surface area (Å²) in [5, 5.41) is 15.4. The van der Waals surface area contributed by atoms with E-state index in [1.807, 2.05) is 5.43 Å². The van der Waals surface area contributed by atoms with Gasteiger partial charge in [-0.3, -0.25) is 10.2 Å². The maximum atomic E-state index is 11.2. The molecular weight excluding hydrogens is 266 g/mol. The van der Waals surface area contributed by atoms with E-state index in [-0.39, 0.29) is 12.2 Å².